The largest absolute Gasteiger partial charge is 0.490 e. The molecule has 176 valence electrons. The second kappa shape index (κ2) is 11.0. The summed E-state index contributed by atoms with van der Waals surface area (Å²) in [6, 6.07) is 6.81. The fourth-order valence-corrected chi connectivity index (χ4v) is 3.62. The monoisotopic (exact) mass is 500 g/mol. The van der Waals surface area contributed by atoms with E-state index in [4.69, 9.17) is 32.7 Å². The molecule has 9 heteroatoms. The Morgan fingerprint density at radius 1 is 1.03 bits per heavy atom. The molecule has 2 aromatic carbocycles. The van der Waals surface area contributed by atoms with Crippen molar-refractivity contribution in [2.24, 2.45) is 0 Å². The van der Waals surface area contributed by atoms with E-state index in [2.05, 4.69) is 18.5 Å². The van der Waals surface area contributed by atoms with Gasteiger partial charge >= 0.3 is 6.03 Å². The standard InChI is InChI=1S/C25H22Cl2N2O5/c1-4-7-16-11-15(13-21(33-6-3)22(16)34-10-5-2)12-18-23(30)28-25(32)29(24(18)31)17-8-9-19(26)20(27)14-17/h4-5,8-9,11-14H,1-2,6-7,10H2,3H3,(H,28,30,32)/b18-12+. The van der Waals surface area contributed by atoms with Gasteiger partial charge < -0.3 is 9.47 Å². The van der Waals surface area contributed by atoms with E-state index in [9.17, 15) is 14.4 Å². The summed E-state index contributed by atoms with van der Waals surface area (Å²) in [5.74, 6) is -0.656. The van der Waals surface area contributed by atoms with Gasteiger partial charge in [0.1, 0.15) is 12.2 Å². The molecule has 0 unspecified atom stereocenters. The maximum Gasteiger partial charge on any atom is 0.335 e. The highest BCUT2D eigenvalue weighted by Crippen LogP contribution is 2.35. The second-order valence-corrected chi connectivity index (χ2v) is 7.90. The number of barbiturate groups is 1. The van der Waals surface area contributed by atoms with E-state index in [1.165, 1.54) is 24.3 Å². The Kier molecular flexibility index (Phi) is 8.15. The predicted molar refractivity (Wildman–Crippen MR) is 133 cm³/mol. The highest BCUT2D eigenvalue weighted by atomic mass is 35.5. The van der Waals surface area contributed by atoms with Crippen molar-refractivity contribution in [3.63, 3.8) is 0 Å². The Morgan fingerprint density at radius 2 is 1.79 bits per heavy atom. The van der Waals surface area contributed by atoms with Crippen LogP contribution in [-0.4, -0.2) is 31.1 Å². The number of halogens is 2. The zero-order valence-electron chi connectivity index (χ0n) is 18.4. The number of nitrogens with one attached hydrogen (secondary N) is 1. The van der Waals surface area contributed by atoms with Crippen LogP contribution in [0.3, 0.4) is 0 Å². The lowest BCUT2D eigenvalue weighted by Crippen LogP contribution is -2.54. The molecule has 0 bridgehead atoms. The molecule has 1 fully saturated rings. The number of rotatable bonds is 9. The summed E-state index contributed by atoms with van der Waals surface area (Å²) in [5.41, 5.74) is 1.19. The second-order valence-electron chi connectivity index (χ2n) is 7.09. The zero-order valence-corrected chi connectivity index (χ0v) is 19.9. The number of ether oxygens (including phenoxy) is 2. The zero-order chi connectivity index (χ0) is 24.8. The highest BCUT2D eigenvalue weighted by molar-refractivity contribution is 6.43. The maximum absolute atomic E-state index is 13.2. The van der Waals surface area contributed by atoms with Gasteiger partial charge in [-0.15, -0.1) is 6.58 Å². The molecule has 4 amide bonds. The average Bonchev–Trinajstić information content (AvgIpc) is 2.79. The quantitative estimate of drug-likeness (QED) is 0.285. The van der Waals surface area contributed by atoms with Gasteiger partial charge in [0.05, 0.1) is 22.3 Å². The van der Waals surface area contributed by atoms with Crippen LogP contribution < -0.4 is 19.7 Å². The van der Waals surface area contributed by atoms with Crippen LogP contribution in [0.1, 0.15) is 18.1 Å². The molecule has 34 heavy (non-hydrogen) atoms. The molecule has 1 N–H and O–H groups in total. The van der Waals surface area contributed by atoms with Gasteiger partial charge in [0.2, 0.25) is 0 Å². The molecule has 0 spiro atoms. The van der Waals surface area contributed by atoms with Crippen molar-refractivity contribution in [2.75, 3.05) is 18.1 Å². The molecule has 3 rings (SSSR count). The predicted octanol–water partition coefficient (Wildman–Crippen LogP) is 5.35. The Morgan fingerprint density at radius 3 is 2.44 bits per heavy atom. The van der Waals surface area contributed by atoms with Crippen LogP contribution in [0.4, 0.5) is 10.5 Å². The lowest BCUT2D eigenvalue weighted by molar-refractivity contribution is -0.122. The fraction of sp³-hybridized carbons (Fsp3) is 0.160. The van der Waals surface area contributed by atoms with Crippen LogP contribution in [0, 0.1) is 0 Å². The van der Waals surface area contributed by atoms with Gasteiger partial charge in [-0.05, 0) is 55.3 Å². The Labute approximate surface area is 207 Å². The number of carbonyl (C=O) groups excluding carboxylic acids is 3. The van der Waals surface area contributed by atoms with Gasteiger partial charge in [-0.3, -0.25) is 14.9 Å². The SMILES string of the molecule is C=CCOc1c(CC=C)cc(/C=C2\C(=O)NC(=O)N(c3ccc(Cl)c(Cl)c3)C2=O)cc1OCC. The first-order chi connectivity index (χ1) is 16.3. The molecule has 0 saturated carbocycles. The first-order valence-corrected chi connectivity index (χ1v) is 11.1. The average molecular weight is 501 g/mol. The van der Waals surface area contributed by atoms with E-state index in [0.29, 0.717) is 30.1 Å². The number of hydrogen-bond donors (Lipinski definition) is 1. The summed E-state index contributed by atoms with van der Waals surface area (Å²) in [7, 11) is 0. The van der Waals surface area contributed by atoms with E-state index in [1.807, 2.05) is 6.92 Å². The van der Waals surface area contributed by atoms with E-state index in [1.54, 1.807) is 24.3 Å². The maximum atomic E-state index is 13.2. The van der Waals surface area contributed by atoms with Crippen molar-refractivity contribution in [2.45, 2.75) is 13.3 Å². The van der Waals surface area contributed by atoms with Gasteiger partial charge in [-0.2, -0.15) is 0 Å². The molecule has 0 atom stereocenters. The molecular formula is C25H22Cl2N2O5. The minimum atomic E-state index is -0.888. The number of carbonyl (C=O) groups is 3. The number of nitrogens with zero attached hydrogens (tertiary/aromatic N) is 1. The van der Waals surface area contributed by atoms with Gasteiger partial charge in [0, 0.05) is 5.56 Å². The van der Waals surface area contributed by atoms with E-state index < -0.39 is 17.8 Å². The summed E-state index contributed by atoms with van der Waals surface area (Å²) >= 11 is 12.0. The topological polar surface area (TPSA) is 84.9 Å². The summed E-state index contributed by atoms with van der Waals surface area (Å²) in [6.07, 6.45) is 5.16. The Hall–Kier alpha value is -3.55. The molecule has 1 aliphatic rings. The summed E-state index contributed by atoms with van der Waals surface area (Å²) < 4.78 is 11.5. The molecule has 0 radical (unpaired) electrons. The first-order valence-electron chi connectivity index (χ1n) is 10.3. The number of imide groups is 2. The molecule has 2 aromatic rings. The van der Waals surface area contributed by atoms with Crippen molar-refractivity contribution in [1.29, 1.82) is 0 Å². The summed E-state index contributed by atoms with van der Waals surface area (Å²) in [6.45, 7) is 9.90. The number of allylic oxidation sites excluding steroid dienone is 1. The van der Waals surface area contributed by atoms with Gasteiger partial charge in [-0.1, -0.05) is 41.9 Å². The normalized spacial score (nSPS) is 14.7. The third-order valence-electron chi connectivity index (χ3n) is 4.74. The number of amides is 4. The van der Waals surface area contributed by atoms with Crippen LogP contribution in [0.5, 0.6) is 11.5 Å². The van der Waals surface area contributed by atoms with Gasteiger partial charge in [0.25, 0.3) is 11.8 Å². The molecule has 1 heterocycles. The Balaban J connectivity index is 2.08. The van der Waals surface area contributed by atoms with Crippen molar-refractivity contribution in [1.82, 2.24) is 5.32 Å². The van der Waals surface area contributed by atoms with Crippen molar-refractivity contribution in [3.8, 4) is 11.5 Å². The van der Waals surface area contributed by atoms with Gasteiger partial charge in [0.15, 0.2) is 11.5 Å². The van der Waals surface area contributed by atoms with E-state index in [0.717, 1.165) is 10.5 Å². The highest BCUT2D eigenvalue weighted by Gasteiger charge is 2.37. The smallest absolute Gasteiger partial charge is 0.335 e. The van der Waals surface area contributed by atoms with Crippen LogP contribution in [0.25, 0.3) is 6.08 Å². The molecule has 0 aromatic heterocycles. The number of hydrogen-bond acceptors (Lipinski definition) is 5. The van der Waals surface area contributed by atoms with E-state index in [-0.39, 0.29) is 27.9 Å². The molecule has 1 aliphatic heterocycles. The fourth-order valence-electron chi connectivity index (χ4n) is 3.33. The van der Waals surface area contributed by atoms with Crippen molar-refractivity contribution >= 4 is 52.8 Å². The van der Waals surface area contributed by atoms with Crippen LogP contribution >= 0.6 is 23.2 Å². The summed E-state index contributed by atoms with van der Waals surface area (Å²) in [5, 5.41) is 2.60. The van der Waals surface area contributed by atoms with Gasteiger partial charge in [-0.25, -0.2) is 9.69 Å². The number of anilines is 1. The molecule has 7 nitrogen and oxygen atoms in total. The summed E-state index contributed by atoms with van der Waals surface area (Å²) in [4.78, 5) is 39.0. The molecule has 0 aliphatic carbocycles. The molecule has 1 saturated heterocycles. The van der Waals surface area contributed by atoms with Crippen molar-refractivity contribution < 1.29 is 23.9 Å². The van der Waals surface area contributed by atoms with Crippen LogP contribution in [0.15, 0.2) is 61.2 Å². The molecular weight excluding hydrogens is 479 g/mol. The third-order valence-corrected chi connectivity index (χ3v) is 5.48. The minimum absolute atomic E-state index is 0.160. The Bertz CT molecular complexity index is 1210. The lowest BCUT2D eigenvalue weighted by atomic mass is 10.0. The van der Waals surface area contributed by atoms with Crippen molar-refractivity contribution in [3.05, 3.63) is 82.4 Å². The first kappa shape index (κ1) is 25.1. The van der Waals surface area contributed by atoms with E-state index >= 15 is 0 Å². The number of urea groups is 1. The number of benzene rings is 2. The van der Waals surface area contributed by atoms with Crippen LogP contribution in [-0.2, 0) is 16.0 Å². The third kappa shape index (κ3) is 5.32. The minimum Gasteiger partial charge on any atom is -0.490 e. The van der Waals surface area contributed by atoms with Crippen LogP contribution in [0.2, 0.25) is 10.0 Å². The lowest BCUT2D eigenvalue weighted by Gasteiger charge is -2.26.